The summed E-state index contributed by atoms with van der Waals surface area (Å²) >= 11 is 0. The fraction of sp³-hybridized carbons (Fsp3) is 0.0968. The minimum absolute atomic E-state index is 0.00658. The van der Waals surface area contributed by atoms with Crippen LogP contribution in [0.3, 0.4) is 0 Å². The summed E-state index contributed by atoms with van der Waals surface area (Å²) in [4.78, 5) is 0. The molecule has 0 saturated heterocycles. The van der Waals surface area contributed by atoms with E-state index in [1.807, 2.05) is 0 Å². The van der Waals surface area contributed by atoms with E-state index in [1.165, 1.54) is 38.4 Å². The fourth-order valence-corrected chi connectivity index (χ4v) is 5.64. The van der Waals surface area contributed by atoms with Crippen LogP contribution in [0.15, 0.2) is 101 Å². The number of hydrogen-bond acceptors (Lipinski definition) is 2. The van der Waals surface area contributed by atoms with Gasteiger partial charge in [0, 0.05) is 39.2 Å². The van der Waals surface area contributed by atoms with Gasteiger partial charge >= 0.3 is 0 Å². The molecule has 6 aromatic rings. The molecule has 5 aromatic carbocycles. The van der Waals surface area contributed by atoms with Gasteiger partial charge in [0.05, 0.1) is 0 Å². The summed E-state index contributed by atoms with van der Waals surface area (Å²) in [7, 11) is 0. The van der Waals surface area contributed by atoms with Crippen molar-refractivity contribution in [1.29, 1.82) is 0 Å². The van der Waals surface area contributed by atoms with Crippen LogP contribution < -0.4 is 5.32 Å². The molecule has 1 aromatic heterocycles. The standard InChI is InChI=1S/C31H23NO/c1-31(2)24-11-6-5-10-22(24)30-25(31)12-7-13-26(30)32-20-15-16-23-28(18-20)33-27-17-14-19-8-3-4-9-21(19)29(23)27/h3-18,32H,1-2H3. The SMILES string of the molecule is CC1(C)c2ccccc2-c2c(Nc3ccc4c(c3)oc3ccc5ccccc5c34)cccc21. The van der Waals surface area contributed by atoms with Crippen LogP contribution in [-0.2, 0) is 5.41 Å². The van der Waals surface area contributed by atoms with Crippen LogP contribution in [-0.4, -0.2) is 0 Å². The number of anilines is 2. The second-order valence-electron chi connectivity index (χ2n) is 9.50. The van der Waals surface area contributed by atoms with Gasteiger partial charge in [-0.05, 0) is 51.7 Å². The van der Waals surface area contributed by atoms with Gasteiger partial charge in [0.15, 0.2) is 0 Å². The third kappa shape index (κ3) is 2.55. The second kappa shape index (κ2) is 6.49. The molecule has 7 rings (SSSR count). The Balaban J connectivity index is 1.38. The summed E-state index contributed by atoms with van der Waals surface area (Å²) in [5.41, 5.74) is 9.35. The van der Waals surface area contributed by atoms with Gasteiger partial charge in [-0.2, -0.15) is 0 Å². The molecule has 33 heavy (non-hydrogen) atoms. The molecule has 1 aliphatic rings. The van der Waals surface area contributed by atoms with Gasteiger partial charge in [0.2, 0.25) is 0 Å². The summed E-state index contributed by atoms with van der Waals surface area (Å²) in [6.07, 6.45) is 0. The van der Waals surface area contributed by atoms with Crippen LogP contribution >= 0.6 is 0 Å². The molecule has 0 fully saturated rings. The van der Waals surface area contributed by atoms with Gasteiger partial charge in [0.1, 0.15) is 11.2 Å². The lowest BCUT2D eigenvalue weighted by Gasteiger charge is -2.21. The zero-order chi connectivity index (χ0) is 22.2. The molecular formula is C31H23NO. The summed E-state index contributed by atoms with van der Waals surface area (Å²) in [6, 6.07) is 34.5. The average Bonchev–Trinajstić information content (AvgIpc) is 3.32. The average molecular weight is 426 g/mol. The van der Waals surface area contributed by atoms with Crippen LogP contribution in [0.1, 0.15) is 25.0 Å². The van der Waals surface area contributed by atoms with Crippen molar-refractivity contribution in [2.75, 3.05) is 5.32 Å². The first kappa shape index (κ1) is 18.5. The lowest BCUT2D eigenvalue weighted by molar-refractivity contribution is 0.660. The van der Waals surface area contributed by atoms with Gasteiger partial charge in [-0.25, -0.2) is 0 Å². The minimum atomic E-state index is -0.00658. The Hall–Kier alpha value is -4.04. The summed E-state index contributed by atoms with van der Waals surface area (Å²) in [6.45, 7) is 4.62. The van der Waals surface area contributed by atoms with Crippen molar-refractivity contribution in [3.63, 3.8) is 0 Å². The molecule has 2 heteroatoms. The third-order valence-corrected chi connectivity index (χ3v) is 7.25. The van der Waals surface area contributed by atoms with E-state index < -0.39 is 0 Å². The molecule has 1 heterocycles. The number of furan rings is 1. The molecule has 0 saturated carbocycles. The van der Waals surface area contributed by atoms with Gasteiger partial charge in [-0.15, -0.1) is 0 Å². The van der Waals surface area contributed by atoms with Gasteiger partial charge in [0.25, 0.3) is 0 Å². The molecule has 1 aliphatic carbocycles. The van der Waals surface area contributed by atoms with Crippen molar-refractivity contribution in [1.82, 2.24) is 0 Å². The van der Waals surface area contributed by atoms with Crippen LogP contribution in [0.25, 0.3) is 43.8 Å². The first-order valence-electron chi connectivity index (χ1n) is 11.5. The van der Waals surface area contributed by atoms with Crippen LogP contribution in [0.4, 0.5) is 11.4 Å². The number of hydrogen-bond donors (Lipinski definition) is 1. The Morgan fingerprint density at radius 2 is 1.48 bits per heavy atom. The highest BCUT2D eigenvalue weighted by atomic mass is 16.3. The van der Waals surface area contributed by atoms with E-state index in [-0.39, 0.29) is 5.41 Å². The molecule has 0 aliphatic heterocycles. The van der Waals surface area contributed by atoms with E-state index in [0.29, 0.717) is 0 Å². The van der Waals surface area contributed by atoms with E-state index in [0.717, 1.165) is 27.9 Å². The highest BCUT2D eigenvalue weighted by Crippen LogP contribution is 2.51. The van der Waals surface area contributed by atoms with Crippen molar-refractivity contribution < 1.29 is 4.42 Å². The minimum Gasteiger partial charge on any atom is -0.456 e. The lowest BCUT2D eigenvalue weighted by Crippen LogP contribution is -2.14. The maximum Gasteiger partial charge on any atom is 0.137 e. The van der Waals surface area contributed by atoms with Crippen LogP contribution in [0, 0.1) is 0 Å². The van der Waals surface area contributed by atoms with Crippen LogP contribution in [0.5, 0.6) is 0 Å². The molecule has 0 radical (unpaired) electrons. The highest BCUT2D eigenvalue weighted by molar-refractivity contribution is 6.19. The van der Waals surface area contributed by atoms with Crippen molar-refractivity contribution >= 4 is 44.1 Å². The molecule has 0 spiro atoms. The Morgan fingerprint density at radius 3 is 2.42 bits per heavy atom. The topological polar surface area (TPSA) is 25.2 Å². The maximum absolute atomic E-state index is 6.28. The van der Waals surface area contributed by atoms with Gasteiger partial charge in [-0.1, -0.05) is 80.6 Å². The Labute approximate surface area is 192 Å². The number of nitrogens with one attached hydrogen (secondary N) is 1. The summed E-state index contributed by atoms with van der Waals surface area (Å²) in [5.74, 6) is 0. The first-order valence-corrected chi connectivity index (χ1v) is 11.5. The van der Waals surface area contributed by atoms with Gasteiger partial charge in [-0.3, -0.25) is 0 Å². The zero-order valence-electron chi connectivity index (χ0n) is 18.6. The molecular weight excluding hydrogens is 402 g/mol. The third-order valence-electron chi connectivity index (χ3n) is 7.25. The predicted molar refractivity (Wildman–Crippen MR) is 139 cm³/mol. The van der Waals surface area contributed by atoms with E-state index in [4.69, 9.17) is 4.42 Å². The van der Waals surface area contributed by atoms with Crippen molar-refractivity contribution in [3.05, 3.63) is 108 Å². The smallest absolute Gasteiger partial charge is 0.137 e. The molecule has 0 bridgehead atoms. The molecule has 1 N–H and O–H groups in total. The largest absolute Gasteiger partial charge is 0.456 e. The van der Waals surface area contributed by atoms with Crippen molar-refractivity contribution in [2.24, 2.45) is 0 Å². The van der Waals surface area contributed by atoms with Crippen molar-refractivity contribution in [2.45, 2.75) is 19.3 Å². The number of benzene rings is 5. The van der Waals surface area contributed by atoms with E-state index in [1.54, 1.807) is 0 Å². The molecule has 158 valence electrons. The monoisotopic (exact) mass is 425 g/mol. The van der Waals surface area contributed by atoms with Crippen molar-refractivity contribution in [3.8, 4) is 11.1 Å². The van der Waals surface area contributed by atoms with Crippen LogP contribution in [0.2, 0.25) is 0 Å². The number of rotatable bonds is 2. The molecule has 0 atom stereocenters. The Kier molecular flexibility index (Phi) is 3.64. The van der Waals surface area contributed by atoms with E-state index in [9.17, 15) is 0 Å². The van der Waals surface area contributed by atoms with Gasteiger partial charge < -0.3 is 9.73 Å². The Morgan fingerprint density at radius 1 is 0.667 bits per heavy atom. The second-order valence-corrected chi connectivity index (χ2v) is 9.50. The molecule has 0 amide bonds. The first-order chi connectivity index (χ1) is 16.1. The summed E-state index contributed by atoms with van der Waals surface area (Å²) in [5, 5.41) is 8.50. The number of fused-ring (bicyclic) bond motifs is 8. The zero-order valence-corrected chi connectivity index (χ0v) is 18.6. The molecule has 2 nitrogen and oxygen atoms in total. The maximum atomic E-state index is 6.28. The lowest BCUT2D eigenvalue weighted by atomic mass is 9.82. The molecule has 0 unspecified atom stereocenters. The van der Waals surface area contributed by atoms with E-state index >= 15 is 0 Å². The van der Waals surface area contributed by atoms with E-state index in [2.05, 4.69) is 116 Å². The predicted octanol–water partition coefficient (Wildman–Crippen LogP) is 8.79. The summed E-state index contributed by atoms with van der Waals surface area (Å²) < 4.78 is 6.28. The quantitative estimate of drug-likeness (QED) is 0.300. The fourth-order valence-electron chi connectivity index (χ4n) is 5.64. The Bertz CT molecular complexity index is 1720. The highest BCUT2D eigenvalue weighted by Gasteiger charge is 2.36. The normalized spacial score (nSPS) is 14.0.